The summed E-state index contributed by atoms with van der Waals surface area (Å²) in [6.45, 7) is 2.62. The van der Waals surface area contributed by atoms with Crippen LogP contribution in [0, 0.1) is 18.3 Å². The van der Waals surface area contributed by atoms with Crippen molar-refractivity contribution in [1.82, 2.24) is 0 Å². The minimum absolute atomic E-state index is 0.308. The molecule has 0 aliphatic heterocycles. The second kappa shape index (κ2) is 6.11. The standard InChI is InChI=1S/C12H16N2O2/c1-9-5-11(4-3-10(9)6-13)14-7-12(15)8-16-2/h3-5,12,14-15H,7-8H2,1-2H3. The van der Waals surface area contributed by atoms with Crippen LogP contribution in [0.15, 0.2) is 18.2 Å². The fourth-order valence-corrected chi connectivity index (χ4v) is 1.39. The number of aliphatic hydroxyl groups is 1. The van der Waals surface area contributed by atoms with Gasteiger partial charge in [-0.1, -0.05) is 0 Å². The lowest BCUT2D eigenvalue weighted by molar-refractivity contribution is 0.0727. The first-order valence-electron chi connectivity index (χ1n) is 5.09. The van der Waals surface area contributed by atoms with E-state index in [1.54, 1.807) is 13.2 Å². The van der Waals surface area contributed by atoms with Gasteiger partial charge in [0.25, 0.3) is 0 Å². The number of anilines is 1. The second-order valence-electron chi connectivity index (χ2n) is 3.63. The van der Waals surface area contributed by atoms with Crippen LogP contribution in [0.4, 0.5) is 5.69 Å². The summed E-state index contributed by atoms with van der Waals surface area (Å²) in [7, 11) is 1.55. The maximum Gasteiger partial charge on any atom is 0.0994 e. The number of hydrogen-bond acceptors (Lipinski definition) is 4. The maximum absolute atomic E-state index is 9.44. The number of aliphatic hydroxyl groups excluding tert-OH is 1. The van der Waals surface area contributed by atoms with Gasteiger partial charge in [-0.2, -0.15) is 5.26 Å². The van der Waals surface area contributed by atoms with Crippen molar-refractivity contribution >= 4 is 5.69 Å². The van der Waals surface area contributed by atoms with Crippen molar-refractivity contribution in [1.29, 1.82) is 5.26 Å². The minimum atomic E-state index is -0.527. The Hall–Kier alpha value is -1.57. The molecule has 0 saturated carbocycles. The van der Waals surface area contributed by atoms with Crippen molar-refractivity contribution < 1.29 is 9.84 Å². The maximum atomic E-state index is 9.44. The summed E-state index contributed by atoms with van der Waals surface area (Å²) >= 11 is 0. The van der Waals surface area contributed by atoms with Crippen molar-refractivity contribution in [3.05, 3.63) is 29.3 Å². The van der Waals surface area contributed by atoms with E-state index < -0.39 is 6.10 Å². The van der Waals surface area contributed by atoms with E-state index in [0.717, 1.165) is 11.3 Å². The van der Waals surface area contributed by atoms with Gasteiger partial charge >= 0.3 is 0 Å². The predicted octanol–water partition coefficient (Wildman–Crippen LogP) is 1.29. The van der Waals surface area contributed by atoms with Crippen LogP contribution >= 0.6 is 0 Å². The van der Waals surface area contributed by atoms with Gasteiger partial charge in [0.2, 0.25) is 0 Å². The van der Waals surface area contributed by atoms with Crippen LogP contribution in [0.5, 0.6) is 0 Å². The number of nitriles is 1. The number of benzene rings is 1. The molecular weight excluding hydrogens is 204 g/mol. The Balaban J connectivity index is 2.56. The number of nitrogens with one attached hydrogen (secondary N) is 1. The molecule has 86 valence electrons. The Labute approximate surface area is 95.5 Å². The van der Waals surface area contributed by atoms with Crippen LogP contribution in [-0.2, 0) is 4.74 Å². The molecule has 1 rings (SSSR count). The van der Waals surface area contributed by atoms with Crippen molar-refractivity contribution in [3.8, 4) is 6.07 Å². The topological polar surface area (TPSA) is 65.3 Å². The highest BCUT2D eigenvalue weighted by molar-refractivity contribution is 5.51. The number of methoxy groups -OCH3 is 1. The zero-order valence-corrected chi connectivity index (χ0v) is 9.53. The zero-order valence-electron chi connectivity index (χ0n) is 9.53. The number of rotatable bonds is 5. The first-order chi connectivity index (χ1) is 7.67. The molecule has 0 aromatic heterocycles. The highest BCUT2D eigenvalue weighted by Crippen LogP contribution is 2.14. The molecule has 4 heteroatoms. The van der Waals surface area contributed by atoms with Gasteiger partial charge < -0.3 is 15.2 Å². The third-order valence-electron chi connectivity index (χ3n) is 2.25. The molecule has 1 aromatic rings. The summed E-state index contributed by atoms with van der Waals surface area (Å²) in [4.78, 5) is 0. The van der Waals surface area contributed by atoms with Crippen LogP contribution in [0.3, 0.4) is 0 Å². The molecule has 0 bridgehead atoms. The Morgan fingerprint density at radius 3 is 2.88 bits per heavy atom. The summed E-state index contributed by atoms with van der Waals surface area (Å²) in [6, 6.07) is 7.59. The quantitative estimate of drug-likeness (QED) is 0.784. The van der Waals surface area contributed by atoms with Gasteiger partial charge in [0.15, 0.2) is 0 Å². The van der Waals surface area contributed by atoms with Crippen molar-refractivity contribution in [2.24, 2.45) is 0 Å². The van der Waals surface area contributed by atoms with Crippen molar-refractivity contribution in [3.63, 3.8) is 0 Å². The summed E-state index contributed by atoms with van der Waals surface area (Å²) in [5.41, 5.74) is 2.49. The summed E-state index contributed by atoms with van der Waals surface area (Å²) in [5, 5.41) is 21.3. The molecule has 4 nitrogen and oxygen atoms in total. The fraction of sp³-hybridized carbons (Fsp3) is 0.417. The molecule has 0 fully saturated rings. The molecule has 1 aromatic carbocycles. The van der Waals surface area contributed by atoms with Crippen LogP contribution in [-0.4, -0.2) is 31.5 Å². The number of aryl methyl sites for hydroxylation is 1. The highest BCUT2D eigenvalue weighted by atomic mass is 16.5. The molecular formula is C12H16N2O2. The van der Waals surface area contributed by atoms with Gasteiger partial charge in [0, 0.05) is 19.3 Å². The first kappa shape index (κ1) is 12.5. The molecule has 0 radical (unpaired) electrons. The van der Waals surface area contributed by atoms with E-state index in [9.17, 15) is 5.11 Å². The Morgan fingerprint density at radius 2 is 2.31 bits per heavy atom. The molecule has 0 heterocycles. The van der Waals surface area contributed by atoms with E-state index in [-0.39, 0.29) is 0 Å². The largest absolute Gasteiger partial charge is 0.389 e. The summed E-state index contributed by atoms with van der Waals surface area (Å²) in [6.07, 6.45) is -0.527. The summed E-state index contributed by atoms with van der Waals surface area (Å²) < 4.78 is 4.82. The molecule has 0 amide bonds. The zero-order chi connectivity index (χ0) is 12.0. The fourth-order valence-electron chi connectivity index (χ4n) is 1.39. The van der Waals surface area contributed by atoms with E-state index in [4.69, 9.17) is 10.00 Å². The number of ether oxygens (including phenoxy) is 1. The smallest absolute Gasteiger partial charge is 0.0994 e. The second-order valence-corrected chi connectivity index (χ2v) is 3.63. The Kier molecular flexibility index (Phi) is 4.77. The highest BCUT2D eigenvalue weighted by Gasteiger charge is 2.03. The third kappa shape index (κ3) is 3.54. The van der Waals surface area contributed by atoms with Crippen molar-refractivity contribution in [2.45, 2.75) is 13.0 Å². The number of hydrogen-bond donors (Lipinski definition) is 2. The van der Waals surface area contributed by atoms with E-state index in [1.165, 1.54) is 0 Å². The van der Waals surface area contributed by atoms with Crippen LogP contribution in [0.25, 0.3) is 0 Å². The lowest BCUT2D eigenvalue weighted by Gasteiger charge is -2.12. The van der Waals surface area contributed by atoms with Crippen LogP contribution in [0.1, 0.15) is 11.1 Å². The van der Waals surface area contributed by atoms with E-state index >= 15 is 0 Å². The monoisotopic (exact) mass is 220 g/mol. The molecule has 0 aliphatic carbocycles. The van der Waals surface area contributed by atoms with E-state index in [0.29, 0.717) is 18.7 Å². The molecule has 16 heavy (non-hydrogen) atoms. The van der Waals surface area contributed by atoms with Crippen LogP contribution in [0.2, 0.25) is 0 Å². The Morgan fingerprint density at radius 1 is 1.56 bits per heavy atom. The van der Waals surface area contributed by atoms with Gasteiger partial charge in [-0.3, -0.25) is 0 Å². The third-order valence-corrected chi connectivity index (χ3v) is 2.25. The normalized spacial score (nSPS) is 11.9. The predicted molar refractivity (Wildman–Crippen MR) is 62.3 cm³/mol. The van der Waals surface area contributed by atoms with Crippen LogP contribution < -0.4 is 5.32 Å². The summed E-state index contributed by atoms with van der Waals surface area (Å²) in [5.74, 6) is 0. The first-order valence-corrected chi connectivity index (χ1v) is 5.09. The van der Waals surface area contributed by atoms with Gasteiger partial charge in [0.05, 0.1) is 24.3 Å². The van der Waals surface area contributed by atoms with E-state index in [1.807, 2.05) is 19.1 Å². The van der Waals surface area contributed by atoms with Gasteiger partial charge in [-0.05, 0) is 30.7 Å². The minimum Gasteiger partial charge on any atom is -0.389 e. The molecule has 0 saturated heterocycles. The lowest BCUT2D eigenvalue weighted by Crippen LogP contribution is -2.24. The average Bonchev–Trinajstić information content (AvgIpc) is 2.27. The number of nitrogens with zero attached hydrogens (tertiary/aromatic N) is 1. The van der Waals surface area contributed by atoms with E-state index in [2.05, 4.69) is 11.4 Å². The molecule has 1 unspecified atom stereocenters. The molecule has 0 spiro atoms. The van der Waals surface area contributed by atoms with Gasteiger partial charge in [-0.25, -0.2) is 0 Å². The SMILES string of the molecule is COCC(O)CNc1ccc(C#N)c(C)c1. The van der Waals surface area contributed by atoms with Crippen molar-refractivity contribution in [2.75, 3.05) is 25.6 Å². The van der Waals surface area contributed by atoms with Gasteiger partial charge in [0.1, 0.15) is 0 Å². The Bertz CT molecular complexity index is 385. The van der Waals surface area contributed by atoms with Gasteiger partial charge in [-0.15, -0.1) is 0 Å². The average molecular weight is 220 g/mol. The molecule has 1 atom stereocenters. The molecule has 2 N–H and O–H groups in total. The lowest BCUT2D eigenvalue weighted by atomic mass is 10.1. The molecule has 0 aliphatic rings.